The van der Waals surface area contributed by atoms with Gasteiger partial charge in [-0.2, -0.15) is 0 Å². The Labute approximate surface area is 79.7 Å². The second-order valence-electron chi connectivity index (χ2n) is 3.37. The number of aliphatic hydroxyl groups excluding tert-OH is 1. The quantitative estimate of drug-likeness (QED) is 0.537. The van der Waals surface area contributed by atoms with Gasteiger partial charge in [-0.25, -0.2) is 0 Å². The zero-order valence-electron chi connectivity index (χ0n) is 8.63. The van der Waals surface area contributed by atoms with Gasteiger partial charge in [-0.1, -0.05) is 6.92 Å². The molecule has 4 heteroatoms. The molecular formula is C9H20N2O2. The topological polar surface area (TPSA) is 61.4 Å². The normalized spacial score (nSPS) is 15.1. The number of hydrogen-bond acceptors (Lipinski definition) is 3. The molecule has 3 N–H and O–H groups in total. The lowest BCUT2D eigenvalue weighted by Gasteiger charge is -2.14. The van der Waals surface area contributed by atoms with Crippen LogP contribution in [0.15, 0.2) is 0 Å². The van der Waals surface area contributed by atoms with E-state index in [1.54, 1.807) is 7.05 Å². The molecule has 0 aromatic rings. The molecule has 4 nitrogen and oxygen atoms in total. The molecule has 0 saturated heterocycles. The third-order valence-corrected chi connectivity index (χ3v) is 2.07. The summed E-state index contributed by atoms with van der Waals surface area (Å²) in [6.07, 6.45) is 0.730. The Morgan fingerprint density at radius 1 is 1.46 bits per heavy atom. The zero-order valence-corrected chi connectivity index (χ0v) is 8.63. The van der Waals surface area contributed by atoms with Gasteiger partial charge < -0.3 is 15.7 Å². The molecule has 0 aliphatic heterocycles. The van der Waals surface area contributed by atoms with Crippen molar-refractivity contribution in [1.29, 1.82) is 0 Å². The van der Waals surface area contributed by atoms with E-state index >= 15 is 0 Å². The highest BCUT2D eigenvalue weighted by atomic mass is 16.3. The zero-order chi connectivity index (χ0) is 10.3. The first kappa shape index (κ1) is 12.4. The van der Waals surface area contributed by atoms with Crippen LogP contribution in [0.5, 0.6) is 0 Å². The van der Waals surface area contributed by atoms with Crippen LogP contribution in [-0.4, -0.2) is 37.3 Å². The summed E-state index contributed by atoms with van der Waals surface area (Å²) in [6.45, 7) is 4.62. The lowest BCUT2D eigenvalue weighted by molar-refractivity contribution is -0.122. The van der Waals surface area contributed by atoms with Crippen molar-refractivity contribution >= 4 is 5.91 Å². The highest BCUT2D eigenvalue weighted by Gasteiger charge is 2.10. The fraction of sp³-hybridized carbons (Fsp3) is 0.889. The van der Waals surface area contributed by atoms with Gasteiger partial charge in [0.05, 0.1) is 6.04 Å². The molecule has 0 aromatic heterocycles. The highest BCUT2D eigenvalue weighted by Crippen LogP contribution is 1.97. The first-order valence-corrected chi connectivity index (χ1v) is 4.67. The van der Waals surface area contributed by atoms with Gasteiger partial charge in [-0.3, -0.25) is 4.79 Å². The predicted octanol–water partition coefficient (Wildman–Crippen LogP) is -0.271. The van der Waals surface area contributed by atoms with Crippen molar-refractivity contribution in [2.24, 2.45) is 5.92 Å². The van der Waals surface area contributed by atoms with E-state index in [4.69, 9.17) is 5.11 Å². The number of hydrogen-bond donors (Lipinski definition) is 3. The molecule has 0 bridgehead atoms. The van der Waals surface area contributed by atoms with Crippen molar-refractivity contribution in [2.75, 3.05) is 20.2 Å². The number of aliphatic hydroxyl groups is 1. The number of amides is 1. The second kappa shape index (κ2) is 6.86. The lowest BCUT2D eigenvalue weighted by atomic mass is 10.1. The molecule has 0 heterocycles. The van der Waals surface area contributed by atoms with E-state index in [0.717, 1.165) is 6.42 Å². The summed E-state index contributed by atoms with van der Waals surface area (Å²) < 4.78 is 0. The van der Waals surface area contributed by atoms with Crippen molar-refractivity contribution < 1.29 is 9.90 Å². The average molecular weight is 188 g/mol. The van der Waals surface area contributed by atoms with E-state index in [-0.39, 0.29) is 18.6 Å². The Hall–Kier alpha value is -0.610. The molecule has 13 heavy (non-hydrogen) atoms. The van der Waals surface area contributed by atoms with E-state index in [2.05, 4.69) is 10.6 Å². The largest absolute Gasteiger partial charge is 0.396 e. The number of likely N-dealkylation sites (N-methyl/N-ethyl adjacent to an activating group) is 1. The van der Waals surface area contributed by atoms with Crippen LogP contribution in [0.3, 0.4) is 0 Å². The maximum absolute atomic E-state index is 11.2. The molecule has 0 radical (unpaired) electrons. The lowest BCUT2D eigenvalue weighted by Crippen LogP contribution is -2.42. The van der Waals surface area contributed by atoms with Gasteiger partial charge in [-0.05, 0) is 26.3 Å². The molecule has 1 amide bonds. The molecule has 2 atom stereocenters. The monoisotopic (exact) mass is 188 g/mol. The van der Waals surface area contributed by atoms with Gasteiger partial charge in [0, 0.05) is 13.2 Å². The first-order chi connectivity index (χ1) is 6.11. The van der Waals surface area contributed by atoms with Crippen molar-refractivity contribution in [3.05, 3.63) is 0 Å². The van der Waals surface area contributed by atoms with Gasteiger partial charge in [0.1, 0.15) is 0 Å². The van der Waals surface area contributed by atoms with Crippen LogP contribution < -0.4 is 10.6 Å². The summed E-state index contributed by atoms with van der Waals surface area (Å²) in [6, 6.07) is -0.152. The standard InChI is InChI=1S/C9H20N2O2/c1-7(4-5-12)6-11-9(13)8(2)10-3/h7-8,10,12H,4-6H2,1-3H3,(H,11,13). The molecule has 0 saturated carbocycles. The summed E-state index contributed by atoms with van der Waals surface area (Å²) in [5, 5.41) is 14.3. The average Bonchev–Trinajstić information content (AvgIpc) is 2.13. The summed E-state index contributed by atoms with van der Waals surface area (Å²) in [7, 11) is 1.75. The van der Waals surface area contributed by atoms with E-state index in [1.807, 2.05) is 13.8 Å². The number of rotatable bonds is 6. The maximum Gasteiger partial charge on any atom is 0.236 e. The Balaban J connectivity index is 3.57. The van der Waals surface area contributed by atoms with Crippen molar-refractivity contribution in [3.8, 4) is 0 Å². The smallest absolute Gasteiger partial charge is 0.236 e. The molecule has 0 fully saturated rings. The van der Waals surface area contributed by atoms with Crippen molar-refractivity contribution in [1.82, 2.24) is 10.6 Å². The Morgan fingerprint density at radius 2 is 2.08 bits per heavy atom. The van der Waals surface area contributed by atoms with Gasteiger partial charge in [0.2, 0.25) is 5.91 Å². The molecule has 0 aromatic carbocycles. The fourth-order valence-electron chi connectivity index (χ4n) is 0.881. The van der Waals surface area contributed by atoms with Crippen LogP contribution in [0.4, 0.5) is 0 Å². The Morgan fingerprint density at radius 3 is 2.54 bits per heavy atom. The Bertz CT molecular complexity index is 151. The Kier molecular flexibility index (Phi) is 6.54. The van der Waals surface area contributed by atoms with Gasteiger partial charge >= 0.3 is 0 Å². The van der Waals surface area contributed by atoms with E-state index < -0.39 is 0 Å². The van der Waals surface area contributed by atoms with Crippen LogP contribution in [0.25, 0.3) is 0 Å². The van der Waals surface area contributed by atoms with Gasteiger partial charge in [-0.15, -0.1) is 0 Å². The SMILES string of the molecule is CNC(C)C(=O)NCC(C)CCO. The molecule has 0 rings (SSSR count). The molecule has 2 unspecified atom stereocenters. The maximum atomic E-state index is 11.2. The summed E-state index contributed by atoms with van der Waals surface area (Å²) in [5.74, 6) is 0.338. The molecular weight excluding hydrogens is 168 g/mol. The van der Waals surface area contributed by atoms with E-state index in [9.17, 15) is 4.79 Å². The number of nitrogens with one attached hydrogen (secondary N) is 2. The summed E-state index contributed by atoms with van der Waals surface area (Å²) >= 11 is 0. The van der Waals surface area contributed by atoms with Crippen LogP contribution >= 0.6 is 0 Å². The van der Waals surface area contributed by atoms with Crippen molar-refractivity contribution in [3.63, 3.8) is 0 Å². The van der Waals surface area contributed by atoms with Crippen LogP contribution in [-0.2, 0) is 4.79 Å². The van der Waals surface area contributed by atoms with Gasteiger partial charge in [0.15, 0.2) is 0 Å². The minimum atomic E-state index is -0.152. The minimum Gasteiger partial charge on any atom is -0.396 e. The second-order valence-corrected chi connectivity index (χ2v) is 3.37. The van der Waals surface area contributed by atoms with E-state index in [1.165, 1.54) is 0 Å². The molecule has 0 aliphatic carbocycles. The highest BCUT2D eigenvalue weighted by molar-refractivity contribution is 5.81. The number of carbonyl (C=O) groups is 1. The molecule has 78 valence electrons. The van der Waals surface area contributed by atoms with Crippen LogP contribution in [0.2, 0.25) is 0 Å². The predicted molar refractivity (Wildman–Crippen MR) is 52.4 cm³/mol. The fourth-order valence-corrected chi connectivity index (χ4v) is 0.881. The minimum absolute atomic E-state index is 0.00675. The third kappa shape index (κ3) is 5.60. The molecule has 0 spiro atoms. The van der Waals surface area contributed by atoms with Crippen LogP contribution in [0, 0.1) is 5.92 Å². The summed E-state index contributed by atoms with van der Waals surface area (Å²) in [5.41, 5.74) is 0. The molecule has 0 aliphatic rings. The first-order valence-electron chi connectivity index (χ1n) is 4.67. The van der Waals surface area contributed by atoms with Crippen molar-refractivity contribution in [2.45, 2.75) is 26.3 Å². The number of carbonyl (C=O) groups excluding carboxylic acids is 1. The van der Waals surface area contributed by atoms with Crippen LogP contribution in [0.1, 0.15) is 20.3 Å². The van der Waals surface area contributed by atoms with Gasteiger partial charge in [0.25, 0.3) is 0 Å². The third-order valence-electron chi connectivity index (χ3n) is 2.07. The van der Waals surface area contributed by atoms with E-state index in [0.29, 0.717) is 12.5 Å². The summed E-state index contributed by atoms with van der Waals surface area (Å²) in [4.78, 5) is 11.2.